The van der Waals surface area contributed by atoms with Gasteiger partial charge in [0.25, 0.3) is 0 Å². The molecule has 6 heteroatoms. The van der Waals surface area contributed by atoms with E-state index in [-0.39, 0.29) is 11.7 Å². The minimum Gasteiger partial charge on any atom is -0.355 e. The van der Waals surface area contributed by atoms with E-state index in [1.165, 1.54) is 18.2 Å². The monoisotopic (exact) mass is 385 g/mol. The van der Waals surface area contributed by atoms with Crippen LogP contribution in [0.2, 0.25) is 0 Å². The van der Waals surface area contributed by atoms with Crippen LogP contribution in [-0.4, -0.2) is 23.9 Å². The number of carbonyl (C=O) groups excluding carboxylic acids is 1. The Balaban J connectivity index is 2.24. The lowest BCUT2D eigenvalue weighted by Gasteiger charge is -2.16. The largest absolute Gasteiger partial charge is 0.355 e. The first-order valence-electron chi connectivity index (χ1n) is 6.21. The molecule has 0 atom stereocenters. The molecule has 0 spiro atoms. The number of benzene rings is 1. The van der Waals surface area contributed by atoms with Crippen molar-refractivity contribution in [1.29, 1.82) is 5.26 Å². The van der Waals surface area contributed by atoms with Crippen molar-refractivity contribution in [3.63, 3.8) is 0 Å². The van der Waals surface area contributed by atoms with Gasteiger partial charge in [0.1, 0.15) is 11.9 Å². The van der Waals surface area contributed by atoms with Crippen LogP contribution in [0.15, 0.2) is 23.9 Å². The van der Waals surface area contributed by atoms with Gasteiger partial charge < -0.3 is 10.2 Å². The Labute approximate surface area is 130 Å². The highest BCUT2D eigenvalue weighted by molar-refractivity contribution is 14.1. The Morgan fingerprint density at radius 2 is 2.30 bits per heavy atom. The molecule has 1 aromatic carbocycles. The summed E-state index contributed by atoms with van der Waals surface area (Å²) in [6.07, 6.45) is 2.38. The molecule has 0 aliphatic carbocycles. The Bertz CT molecular complexity index is 622. The first kappa shape index (κ1) is 14.8. The van der Waals surface area contributed by atoms with Crippen molar-refractivity contribution in [1.82, 2.24) is 4.90 Å². The lowest BCUT2D eigenvalue weighted by atomic mass is 10.2. The fourth-order valence-electron chi connectivity index (χ4n) is 2.03. The zero-order valence-electron chi connectivity index (χ0n) is 10.9. The number of nitrogens with one attached hydrogen (secondary N) is 1. The van der Waals surface area contributed by atoms with E-state index >= 15 is 0 Å². The highest BCUT2D eigenvalue weighted by Crippen LogP contribution is 2.27. The normalized spacial score (nSPS) is 14.2. The minimum absolute atomic E-state index is 0.0562. The molecule has 1 amide bonds. The van der Waals surface area contributed by atoms with Gasteiger partial charge in [-0.25, -0.2) is 4.39 Å². The SMILES string of the molecule is CCCN1CC(Nc2c(C#N)ccc(F)c2I)=CC1=O. The van der Waals surface area contributed by atoms with Crippen molar-refractivity contribution in [3.05, 3.63) is 38.9 Å². The van der Waals surface area contributed by atoms with Gasteiger partial charge in [-0.2, -0.15) is 5.26 Å². The number of amides is 1. The number of hydrogen-bond donors (Lipinski definition) is 1. The number of anilines is 1. The molecular formula is C14H13FIN3O. The molecule has 1 aliphatic heterocycles. The Morgan fingerprint density at radius 3 is 2.95 bits per heavy atom. The van der Waals surface area contributed by atoms with E-state index in [4.69, 9.17) is 5.26 Å². The molecule has 0 radical (unpaired) electrons. The fourth-order valence-corrected chi connectivity index (χ4v) is 2.64. The Morgan fingerprint density at radius 1 is 1.55 bits per heavy atom. The van der Waals surface area contributed by atoms with Crippen LogP contribution in [-0.2, 0) is 4.79 Å². The predicted molar refractivity (Wildman–Crippen MR) is 82.4 cm³/mol. The number of carbonyl (C=O) groups is 1. The molecule has 0 bridgehead atoms. The zero-order valence-corrected chi connectivity index (χ0v) is 13.1. The molecule has 0 saturated heterocycles. The first-order chi connectivity index (χ1) is 9.56. The summed E-state index contributed by atoms with van der Waals surface area (Å²) in [6, 6.07) is 4.72. The summed E-state index contributed by atoms with van der Waals surface area (Å²) in [5.74, 6) is -0.443. The Hall–Kier alpha value is -1.62. The molecule has 4 nitrogen and oxygen atoms in total. The second-order valence-electron chi connectivity index (χ2n) is 4.45. The third kappa shape index (κ3) is 2.93. The first-order valence-corrected chi connectivity index (χ1v) is 7.29. The van der Waals surface area contributed by atoms with E-state index in [9.17, 15) is 9.18 Å². The molecule has 0 unspecified atom stereocenters. The minimum atomic E-state index is -0.387. The summed E-state index contributed by atoms with van der Waals surface area (Å²) in [5, 5.41) is 12.1. The van der Waals surface area contributed by atoms with E-state index in [2.05, 4.69) is 5.32 Å². The molecule has 1 heterocycles. The molecule has 0 fully saturated rings. The predicted octanol–water partition coefficient (Wildman–Crippen LogP) is 2.85. The summed E-state index contributed by atoms with van der Waals surface area (Å²) in [5.41, 5.74) is 1.46. The molecule has 1 aromatic rings. The number of rotatable bonds is 4. The van der Waals surface area contributed by atoms with Gasteiger partial charge in [0.15, 0.2) is 0 Å². The van der Waals surface area contributed by atoms with Crippen LogP contribution in [0.1, 0.15) is 18.9 Å². The summed E-state index contributed by atoms with van der Waals surface area (Å²) < 4.78 is 13.9. The van der Waals surface area contributed by atoms with Gasteiger partial charge in [0.05, 0.1) is 21.4 Å². The van der Waals surface area contributed by atoms with E-state index in [0.717, 1.165) is 6.42 Å². The van der Waals surface area contributed by atoms with Crippen molar-refractivity contribution in [2.75, 3.05) is 18.4 Å². The van der Waals surface area contributed by atoms with Gasteiger partial charge in [-0.1, -0.05) is 6.92 Å². The fraction of sp³-hybridized carbons (Fsp3) is 0.286. The van der Waals surface area contributed by atoms with E-state index in [1.807, 2.05) is 35.6 Å². The number of nitrogens with zero attached hydrogens (tertiary/aromatic N) is 2. The molecule has 2 rings (SSSR count). The third-order valence-electron chi connectivity index (χ3n) is 2.96. The van der Waals surface area contributed by atoms with Gasteiger partial charge in [0.2, 0.25) is 5.91 Å². The van der Waals surface area contributed by atoms with Gasteiger partial charge in [-0.15, -0.1) is 0 Å². The molecule has 0 saturated carbocycles. The van der Waals surface area contributed by atoms with Crippen LogP contribution in [0.25, 0.3) is 0 Å². The van der Waals surface area contributed by atoms with Crippen LogP contribution in [0.3, 0.4) is 0 Å². The summed E-state index contributed by atoms with van der Waals surface area (Å²) in [7, 11) is 0. The van der Waals surface area contributed by atoms with Gasteiger partial charge in [0, 0.05) is 18.3 Å². The third-order valence-corrected chi connectivity index (χ3v) is 4.02. The topological polar surface area (TPSA) is 56.1 Å². The number of hydrogen-bond acceptors (Lipinski definition) is 3. The van der Waals surface area contributed by atoms with Crippen LogP contribution in [0.5, 0.6) is 0 Å². The number of halogens is 2. The smallest absolute Gasteiger partial charge is 0.248 e. The number of nitriles is 1. The lowest BCUT2D eigenvalue weighted by molar-refractivity contribution is -0.124. The molecule has 0 aromatic heterocycles. The average Bonchev–Trinajstić information content (AvgIpc) is 2.76. The summed E-state index contributed by atoms with van der Waals surface area (Å²) in [6.45, 7) is 3.15. The van der Waals surface area contributed by atoms with Gasteiger partial charge >= 0.3 is 0 Å². The molecular weight excluding hydrogens is 372 g/mol. The summed E-state index contributed by atoms with van der Waals surface area (Å²) >= 11 is 1.85. The van der Waals surface area contributed by atoms with Crippen molar-refractivity contribution in [2.24, 2.45) is 0 Å². The molecule has 1 aliphatic rings. The van der Waals surface area contributed by atoms with Crippen molar-refractivity contribution >= 4 is 34.2 Å². The van der Waals surface area contributed by atoms with Gasteiger partial charge in [-0.05, 0) is 41.1 Å². The highest BCUT2D eigenvalue weighted by atomic mass is 127. The van der Waals surface area contributed by atoms with Crippen LogP contribution in [0.4, 0.5) is 10.1 Å². The Kier molecular flexibility index (Phi) is 4.60. The summed E-state index contributed by atoms with van der Waals surface area (Å²) in [4.78, 5) is 13.4. The second-order valence-corrected chi connectivity index (χ2v) is 5.53. The molecule has 20 heavy (non-hydrogen) atoms. The lowest BCUT2D eigenvalue weighted by Crippen LogP contribution is -2.27. The second kappa shape index (κ2) is 6.22. The van der Waals surface area contributed by atoms with Crippen molar-refractivity contribution in [3.8, 4) is 6.07 Å². The van der Waals surface area contributed by atoms with Gasteiger partial charge in [-0.3, -0.25) is 4.79 Å². The standard InChI is InChI=1S/C14H13FIN3O/c1-2-5-19-8-10(6-12(19)20)18-14-9(7-17)3-4-11(15)13(14)16/h3-4,6,18H,2,5,8H2,1H3. The maximum Gasteiger partial charge on any atom is 0.248 e. The molecule has 1 N–H and O–H groups in total. The zero-order chi connectivity index (χ0) is 14.7. The van der Waals surface area contributed by atoms with Crippen molar-refractivity contribution in [2.45, 2.75) is 13.3 Å². The molecule has 104 valence electrons. The van der Waals surface area contributed by atoms with Crippen LogP contribution >= 0.6 is 22.6 Å². The van der Waals surface area contributed by atoms with E-state index in [0.29, 0.717) is 33.6 Å². The van der Waals surface area contributed by atoms with E-state index < -0.39 is 0 Å². The van der Waals surface area contributed by atoms with Crippen LogP contribution in [0, 0.1) is 20.7 Å². The highest BCUT2D eigenvalue weighted by Gasteiger charge is 2.22. The van der Waals surface area contributed by atoms with E-state index in [1.54, 1.807) is 4.90 Å². The van der Waals surface area contributed by atoms with Crippen LogP contribution < -0.4 is 5.32 Å². The maximum absolute atomic E-state index is 13.6. The maximum atomic E-state index is 13.6. The quantitative estimate of drug-likeness (QED) is 0.812. The van der Waals surface area contributed by atoms with Crippen molar-refractivity contribution < 1.29 is 9.18 Å². The average molecular weight is 385 g/mol.